The van der Waals surface area contributed by atoms with Crippen molar-refractivity contribution in [1.82, 2.24) is 9.78 Å². The van der Waals surface area contributed by atoms with E-state index < -0.39 is 11.6 Å². The Morgan fingerprint density at radius 3 is 2.89 bits per heavy atom. The van der Waals surface area contributed by atoms with Gasteiger partial charge < -0.3 is 4.74 Å². The highest BCUT2D eigenvalue weighted by molar-refractivity contribution is 5.82. The standard InChI is InChI=1S/C13H14F2N2O/c1-8-10-6-9(14)7-11(15)13(10)17(16-8)12-4-2-3-5-18-12/h6-7,12H,2-5H2,1H3. The summed E-state index contributed by atoms with van der Waals surface area (Å²) in [4.78, 5) is 0. The number of aryl methyl sites for hydroxylation is 1. The van der Waals surface area contributed by atoms with E-state index >= 15 is 0 Å². The lowest BCUT2D eigenvalue weighted by atomic mass is 10.1. The summed E-state index contributed by atoms with van der Waals surface area (Å²) in [5.74, 6) is -1.16. The first kappa shape index (κ1) is 11.6. The van der Waals surface area contributed by atoms with Gasteiger partial charge >= 0.3 is 0 Å². The fourth-order valence-corrected chi connectivity index (χ4v) is 2.47. The van der Waals surface area contributed by atoms with Gasteiger partial charge in [-0.15, -0.1) is 0 Å². The Labute approximate surface area is 103 Å². The number of ether oxygens (including phenoxy) is 1. The molecule has 0 amide bonds. The van der Waals surface area contributed by atoms with E-state index in [1.54, 1.807) is 11.6 Å². The molecule has 18 heavy (non-hydrogen) atoms. The van der Waals surface area contributed by atoms with E-state index in [2.05, 4.69) is 5.10 Å². The van der Waals surface area contributed by atoms with E-state index in [1.165, 1.54) is 6.07 Å². The summed E-state index contributed by atoms with van der Waals surface area (Å²) < 4.78 is 34.3. The number of hydrogen-bond donors (Lipinski definition) is 0. The summed E-state index contributed by atoms with van der Waals surface area (Å²) in [6.45, 7) is 2.41. The minimum absolute atomic E-state index is 0.241. The third-order valence-electron chi connectivity index (χ3n) is 3.33. The molecular weight excluding hydrogens is 238 g/mol. The van der Waals surface area contributed by atoms with Crippen LogP contribution in [0, 0.1) is 18.6 Å². The Bertz CT molecular complexity index is 588. The quantitative estimate of drug-likeness (QED) is 0.778. The van der Waals surface area contributed by atoms with Crippen molar-refractivity contribution in [2.75, 3.05) is 6.61 Å². The maximum atomic E-state index is 13.9. The van der Waals surface area contributed by atoms with Gasteiger partial charge in [-0.25, -0.2) is 13.5 Å². The molecule has 0 aliphatic carbocycles. The smallest absolute Gasteiger partial charge is 0.152 e. The molecule has 1 fully saturated rings. The van der Waals surface area contributed by atoms with Crippen molar-refractivity contribution in [1.29, 1.82) is 0 Å². The first-order valence-electron chi connectivity index (χ1n) is 6.12. The molecule has 1 aliphatic heterocycles. The third kappa shape index (κ3) is 1.79. The number of fused-ring (bicyclic) bond motifs is 1. The number of benzene rings is 1. The molecule has 2 heterocycles. The first-order valence-corrected chi connectivity index (χ1v) is 6.12. The van der Waals surface area contributed by atoms with Gasteiger partial charge in [0.05, 0.1) is 5.69 Å². The Balaban J connectivity index is 2.17. The highest BCUT2D eigenvalue weighted by atomic mass is 19.1. The topological polar surface area (TPSA) is 27.1 Å². The maximum Gasteiger partial charge on any atom is 0.152 e. The van der Waals surface area contributed by atoms with E-state index in [-0.39, 0.29) is 6.23 Å². The average Bonchev–Trinajstić information content (AvgIpc) is 2.68. The summed E-state index contributed by atoms with van der Waals surface area (Å²) in [6, 6.07) is 2.21. The van der Waals surface area contributed by atoms with Crippen LogP contribution in [0.3, 0.4) is 0 Å². The molecule has 3 rings (SSSR count). The summed E-state index contributed by atoms with van der Waals surface area (Å²) in [7, 11) is 0. The van der Waals surface area contributed by atoms with Crippen LogP contribution in [0.1, 0.15) is 31.2 Å². The number of hydrogen-bond acceptors (Lipinski definition) is 2. The molecule has 0 radical (unpaired) electrons. The summed E-state index contributed by atoms with van der Waals surface area (Å²) in [5.41, 5.74) is 0.957. The molecule has 3 nitrogen and oxygen atoms in total. The minimum atomic E-state index is -0.584. The van der Waals surface area contributed by atoms with Crippen molar-refractivity contribution in [2.24, 2.45) is 0 Å². The molecule has 1 aromatic carbocycles. The molecule has 0 saturated carbocycles. The van der Waals surface area contributed by atoms with Gasteiger partial charge in [0.2, 0.25) is 0 Å². The van der Waals surface area contributed by atoms with E-state index in [0.717, 1.165) is 25.3 Å². The highest BCUT2D eigenvalue weighted by Crippen LogP contribution is 2.29. The fourth-order valence-electron chi connectivity index (χ4n) is 2.47. The van der Waals surface area contributed by atoms with Gasteiger partial charge in [0, 0.05) is 18.1 Å². The van der Waals surface area contributed by atoms with Crippen LogP contribution in [0.4, 0.5) is 8.78 Å². The van der Waals surface area contributed by atoms with Crippen LogP contribution in [0.15, 0.2) is 12.1 Å². The van der Waals surface area contributed by atoms with Crippen molar-refractivity contribution in [2.45, 2.75) is 32.4 Å². The van der Waals surface area contributed by atoms with Crippen molar-refractivity contribution in [3.63, 3.8) is 0 Å². The van der Waals surface area contributed by atoms with Crippen molar-refractivity contribution in [3.8, 4) is 0 Å². The molecule has 96 valence electrons. The lowest BCUT2D eigenvalue weighted by Gasteiger charge is -2.23. The number of nitrogens with zero attached hydrogens (tertiary/aromatic N) is 2. The zero-order valence-electron chi connectivity index (χ0n) is 10.1. The van der Waals surface area contributed by atoms with E-state index in [1.807, 2.05) is 0 Å². The second-order valence-electron chi connectivity index (χ2n) is 4.63. The van der Waals surface area contributed by atoms with Crippen molar-refractivity contribution in [3.05, 3.63) is 29.5 Å². The van der Waals surface area contributed by atoms with Gasteiger partial charge in [0.15, 0.2) is 12.0 Å². The zero-order chi connectivity index (χ0) is 12.7. The second kappa shape index (κ2) is 4.31. The van der Waals surface area contributed by atoms with Gasteiger partial charge in [0.1, 0.15) is 11.3 Å². The summed E-state index contributed by atoms with van der Waals surface area (Å²) >= 11 is 0. The third-order valence-corrected chi connectivity index (χ3v) is 3.33. The Morgan fingerprint density at radius 2 is 2.17 bits per heavy atom. The van der Waals surface area contributed by atoms with E-state index in [9.17, 15) is 8.78 Å². The normalized spacial score (nSPS) is 20.5. The zero-order valence-corrected chi connectivity index (χ0v) is 10.1. The largest absolute Gasteiger partial charge is 0.356 e. The van der Waals surface area contributed by atoms with Gasteiger partial charge in [-0.2, -0.15) is 5.10 Å². The average molecular weight is 252 g/mol. The van der Waals surface area contributed by atoms with Gasteiger partial charge in [-0.05, 0) is 32.3 Å². The second-order valence-corrected chi connectivity index (χ2v) is 4.63. The minimum Gasteiger partial charge on any atom is -0.356 e. The fraction of sp³-hybridized carbons (Fsp3) is 0.462. The lowest BCUT2D eigenvalue weighted by molar-refractivity contribution is -0.0371. The molecule has 1 unspecified atom stereocenters. The monoisotopic (exact) mass is 252 g/mol. The van der Waals surface area contributed by atoms with Crippen LogP contribution in [0.25, 0.3) is 10.9 Å². The molecule has 0 spiro atoms. The molecule has 1 saturated heterocycles. The van der Waals surface area contributed by atoms with Crippen LogP contribution < -0.4 is 0 Å². The van der Waals surface area contributed by atoms with Crippen LogP contribution in [0.5, 0.6) is 0 Å². The molecule has 1 atom stereocenters. The van der Waals surface area contributed by atoms with Crippen LogP contribution in [0.2, 0.25) is 0 Å². The Hall–Kier alpha value is -1.49. The molecule has 2 aromatic rings. The molecular formula is C13H14F2N2O. The number of rotatable bonds is 1. The van der Waals surface area contributed by atoms with Crippen molar-refractivity contribution >= 4 is 10.9 Å². The SMILES string of the molecule is Cc1nn(C2CCCCO2)c2c(F)cc(F)cc12. The Kier molecular flexibility index (Phi) is 2.78. The molecule has 0 N–H and O–H groups in total. The molecule has 0 bridgehead atoms. The van der Waals surface area contributed by atoms with E-state index in [4.69, 9.17) is 4.74 Å². The summed E-state index contributed by atoms with van der Waals surface area (Å²) in [6.07, 6.45) is 2.63. The number of halogens is 2. The lowest BCUT2D eigenvalue weighted by Crippen LogP contribution is -2.19. The summed E-state index contributed by atoms with van der Waals surface area (Å²) in [5, 5.41) is 4.82. The van der Waals surface area contributed by atoms with Gasteiger partial charge in [-0.3, -0.25) is 0 Å². The Morgan fingerprint density at radius 1 is 1.33 bits per heavy atom. The van der Waals surface area contributed by atoms with Crippen LogP contribution >= 0.6 is 0 Å². The van der Waals surface area contributed by atoms with Crippen LogP contribution in [-0.4, -0.2) is 16.4 Å². The number of aromatic nitrogens is 2. The predicted molar refractivity (Wildman–Crippen MR) is 63.2 cm³/mol. The molecule has 1 aromatic heterocycles. The van der Waals surface area contributed by atoms with Crippen molar-refractivity contribution < 1.29 is 13.5 Å². The van der Waals surface area contributed by atoms with Crippen LogP contribution in [-0.2, 0) is 4.74 Å². The van der Waals surface area contributed by atoms with Gasteiger partial charge in [0.25, 0.3) is 0 Å². The highest BCUT2D eigenvalue weighted by Gasteiger charge is 2.22. The maximum absolute atomic E-state index is 13.9. The predicted octanol–water partition coefficient (Wildman–Crippen LogP) is 3.32. The van der Waals surface area contributed by atoms with E-state index in [0.29, 0.717) is 23.2 Å². The molecule has 1 aliphatic rings. The molecule has 5 heteroatoms. The first-order chi connectivity index (χ1) is 8.66. The van der Waals surface area contributed by atoms with Gasteiger partial charge in [-0.1, -0.05) is 0 Å².